The molecule has 0 aromatic heterocycles. The van der Waals surface area contributed by atoms with Gasteiger partial charge in [0.2, 0.25) is 0 Å². The molecule has 2 aromatic rings. The summed E-state index contributed by atoms with van der Waals surface area (Å²) in [5.41, 5.74) is 2.94. The van der Waals surface area contributed by atoms with E-state index < -0.39 is 6.10 Å². The standard InChI is InChI=1S/C16H15ClN2O/c1-11(20)12-7-8-16(14(17)9-12)19(2)15-6-4-3-5-13(15)10-18/h3-9,11,20H,1-2H3. The molecule has 0 aliphatic rings. The van der Waals surface area contributed by atoms with E-state index in [1.54, 1.807) is 19.1 Å². The fourth-order valence-electron chi connectivity index (χ4n) is 2.05. The van der Waals surface area contributed by atoms with E-state index in [4.69, 9.17) is 16.9 Å². The third kappa shape index (κ3) is 2.77. The molecule has 0 saturated carbocycles. The third-order valence-corrected chi connectivity index (χ3v) is 3.50. The van der Waals surface area contributed by atoms with E-state index in [9.17, 15) is 5.11 Å². The van der Waals surface area contributed by atoms with E-state index >= 15 is 0 Å². The molecule has 0 aliphatic carbocycles. The van der Waals surface area contributed by atoms with Gasteiger partial charge in [-0.3, -0.25) is 0 Å². The lowest BCUT2D eigenvalue weighted by atomic mass is 10.1. The number of anilines is 2. The van der Waals surface area contributed by atoms with Crippen LogP contribution in [0.5, 0.6) is 0 Å². The number of hydrogen-bond donors (Lipinski definition) is 1. The van der Waals surface area contributed by atoms with Crippen molar-refractivity contribution in [2.75, 3.05) is 11.9 Å². The van der Waals surface area contributed by atoms with E-state index in [2.05, 4.69) is 6.07 Å². The SMILES string of the molecule is CC(O)c1ccc(N(C)c2ccccc2C#N)c(Cl)c1. The molecule has 3 nitrogen and oxygen atoms in total. The third-order valence-electron chi connectivity index (χ3n) is 3.20. The van der Waals surface area contributed by atoms with Crippen LogP contribution in [0.25, 0.3) is 0 Å². The van der Waals surface area contributed by atoms with Gasteiger partial charge in [-0.2, -0.15) is 5.26 Å². The Hall–Kier alpha value is -2.02. The molecule has 0 spiro atoms. The van der Waals surface area contributed by atoms with Gasteiger partial charge in [0.25, 0.3) is 0 Å². The number of rotatable bonds is 3. The molecule has 0 aliphatic heterocycles. The predicted molar refractivity (Wildman–Crippen MR) is 81.3 cm³/mol. The summed E-state index contributed by atoms with van der Waals surface area (Å²) >= 11 is 6.28. The van der Waals surface area contributed by atoms with Gasteiger partial charge in [0.05, 0.1) is 28.1 Å². The molecule has 102 valence electrons. The highest BCUT2D eigenvalue weighted by Crippen LogP contribution is 2.33. The first-order chi connectivity index (χ1) is 9.54. The summed E-state index contributed by atoms with van der Waals surface area (Å²) in [5.74, 6) is 0. The van der Waals surface area contributed by atoms with Crippen LogP contribution < -0.4 is 4.90 Å². The van der Waals surface area contributed by atoms with Gasteiger partial charge in [0.1, 0.15) is 6.07 Å². The number of halogens is 1. The number of benzene rings is 2. The highest BCUT2D eigenvalue weighted by atomic mass is 35.5. The highest BCUT2D eigenvalue weighted by Gasteiger charge is 2.13. The van der Waals surface area contributed by atoms with Crippen molar-refractivity contribution in [3.63, 3.8) is 0 Å². The van der Waals surface area contributed by atoms with Gasteiger partial charge in [0, 0.05) is 7.05 Å². The topological polar surface area (TPSA) is 47.3 Å². The minimum atomic E-state index is -0.557. The molecular weight excluding hydrogens is 272 g/mol. The maximum absolute atomic E-state index is 9.56. The Bertz CT molecular complexity index is 662. The summed E-state index contributed by atoms with van der Waals surface area (Å²) in [6, 6.07) is 14.9. The van der Waals surface area contributed by atoms with Crippen molar-refractivity contribution in [1.82, 2.24) is 0 Å². The van der Waals surface area contributed by atoms with Gasteiger partial charge in [-0.1, -0.05) is 29.8 Å². The van der Waals surface area contributed by atoms with Crippen molar-refractivity contribution in [1.29, 1.82) is 5.26 Å². The summed E-state index contributed by atoms with van der Waals surface area (Å²) in [7, 11) is 1.86. The maximum atomic E-state index is 9.56. The second-order valence-corrected chi connectivity index (χ2v) is 4.98. The Morgan fingerprint density at radius 2 is 1.90 bits per heavy atom. The van der Waals surface area contributed by atoms with Crippen molar-refractivity contribution >= 4 is 23.0 Å². The Morgan fingerprint density at radius 1 is 1.20 bits per heavy atom. The Kier molecular flexibility index (Phi) is 4.29. The Labute approximate surface area is 123 Å². The molecule has 1 N–H and O–H groups in total. The van der Waals surface area contributed by atoms with Crippen LogP contribution in [-0.4, -0.2) is 12.2 Å². The smallest absolute Gasteiger partial charge is 0.101 e. The van der Waals surface area contributed by atoms with Crippen LogP contribution in [-0.2, 0) is 0 Å². The minimum Gasteiger partial charge on any atom is -0.389 e. The summed E-state index contributed by atoms with van der Waals surface area (Å²) < 4.78 is 0. The van der Waals surface area contributed by atoms with E-state index in [0.717, 1.165) is 16.9 Å². The van der Waals surface area contributed by atoms with Gasteiger partial charge < -0.3 is 10.0 Å². The number of hydrogen-bond acceptors (Lipinski definition) is 3. The normalized spacial score (nSPS) is 11.8. The van der Waals surface area contributed by atoms with Crippen LogP contribution in [0, 0.1) is 11.3 Å². The molecule has 2 rings (SSSR count). The lowest BCUT2D eigenvalue weighted by molar-refractivity contribution is 0.199. The molecule has 0 radical (unpaired) electrons. The zero-order valence-electron chi connectivity index (χ0n) is 11.3. The molecule has 0 saturated heterocycles. The Morgan fingerprint density at radius 3 is 2.50 bits per heavy atom. The maximum Gasteiger partial charge on any atom is 0.101 e. The van der Waals surface area contributed by atoms with Gasteiger partial charge >= 0.3 is 0 Å². The van der Waals surface area contributed by atoms with E-state index in [1.807, 2.05) is 42.3 Å². The molecule has 1 atom stereocenters. The van der Waals surface area contributed by atoms with Crippen molar-refractivity contribution < 1.29 is 5.11 Å². The average Bonchev–Trinajstić information content (AvgIpc) is 2.46. The zero-order valence-corrected chi connectivity index (χ0v) is 12.1. The summed E-state index contributed by atoms with van der Waals surface area (Å²) in [6.07, 6.45) is -0.557. The molecule has 0 bridgehead atoms. The van der Waals surface area contributed by atoms with Gasteiger partial charge in [-0.05, 0) is 36.8 Å². The molecule has 0 amide bonds. The fourth-order valence-corrected chi connectivity index (χ4v) is 2.36. The number of aliphatic hydroxyl groups excluding tert-OH is 1. The monoisotopic (exact) mass is 286 g/mol. The van der Waals surface area contributed by atoms with Crippen molar-refractivity contribution in [2.24, 2.45) is 0 Å². The first-order valence-electron chi connectivity index (χ1n) is 6.25. The largest absolute Gasteiger partial charge is 0.389 e. The van der Waals surface area contributed by atoms with E-state index in [1.165, 1.54) is 0 Å². The van der Waals surface area contributed by atoms with Crippen molar-refractivity contribution in [2.45, 2.75) is 13.0 Å². The lowest BCUT2D eigenvalue weighted by Crippen LogP contribution is -2.11. The van der Waals surface area contributed by atoms with Crippen LogP contribution in [0.15, 0.2) is 42.5 Å². The molecule has 0 fully saturated rings. The number of aliphatic hydroxyl groups is 1. The summed E-state index contributed by atoms with van der Waals surface area (Å²) in [6.45, 7) is 1.69. The van der Waals surface area contributed by atoms with Crippen molar-refractivity contribution in [3.05, 3.63) is 58.6 Å². The molecule has 20 heavy (non-hydrogen) atoms. The second-order valence-electron chi connectivity index (χ2n) is 4.57. The average molecular weight is 287 g/mol. The van der Waals surface area contributed by atoms with E-state index in [0.29, 0.717) is 10.6 Å². The van der Waals surface area contributed by atoms with Crippen LogP contribution in [0.3, 0.4) is 0 Å². The van der Waals surface area contributed by atoms with Crippen LogP contribution in [0.2, 0.25) is 5.02 Å². The summed E-state index contributed by atoms with van der Waals surface area (Å²) in [5, 5.41) is 19.3. The first-order valence-corrected chi connectivity index (χ1v) is 6.62. The number of para-hydroxylation sites is 1. The van der Waals surface area contributed by atoms with E-state index in [-0.39, 0.29) is 0 Å². The zero-order chi connectivity index (χ0) is 14.7. The number of nitriles is 1. The van der Waals surface area contributed by atoms with Gasteiger partial charge in [0.15, 0.2) is 0 Å². The van der Waals surface area contributed by atoms with Crippen molar-refractivity contribution in [3.8, 4) is 6.07 Å². The molecule has 4 heteroatoms. The van der Waals surface area contributed by atoms with Gasteiger partial charge in [-0.25, -0.2) is 0 Å². The fraction of sp³-hybridized carbons (Fsp3) is 0.188. The van der Waals surface area contributed by atoms with Gasteiger partial charge in [-0.15, -0.1) is 0 Å². The molecule has 1 unspecified atom stereocenters. The predicted octanol–water partition coefficient (Wildman–Crippen LogP) is 4.03. The molecular formula is C16H15ClN2O. The minimum absolute atomic E-state index is 0.540. The highest BCUT2D eigenvalue weighted by molar-refractivity contribution is 6.33. The second kappa shape index (κ2) is 5.96. The first kappa shape index (κ1) is 14.4. The summed E-state index contributed by atoms with van der Waals surface area (Å²) in [4.78, 5) is 1.87. The van der Waals surface area contributed by atoms with Crippen LogP contribution in [0.4, 0.5) is 11.4 Å². The lowest BCUT2D eigenvalue weighted by Gasteiger charge is -2.22. The van der Waals surface area contributed by atoms with Crippen LogP contribution >= 0.6 is 11.6 Å². The molecule has 0 heterocycles. The number of nitrogens with zero attached hydrogens (tertiary/aromatic N) is 2. The quantitative estimate of drug-likeness (QED) is 0.926. The Balaban J connectivity index is 2.44. The molecule has 2 aromatic carbocycles. The van der Waals surface area contributed by atoms with Crippen LogP contribution in [0.1, 0.15) is 24.2 Å².